The minimum Gasteiger partial charge on any atom is -0.480 e. The Kier molecular flexibility index (Phi) is 3.82. The van der Waals surface area contributed by atoms with E-state index in [4.69, 9.17) is 4.74 Å². The summed E-state index contributed by atoms with van der Waals surface area (Å²) in [6.45, 7) is 5.90. The molecule has 1 aliphatic rings. The molecule has 0 N–H and O–H groups in total. The molecule has 21 heavy (non-hydrogen) atoms. The van der Waals surface area contributed by atoms with E-state index in [-0.39, 0.29) is 12.5 Å². The summed E-state index contributed by atoms with van der Waals surface area (Å²) in [5.74, 6) is 1.30. The van der Waals surface area contributed by atoms with Crippen molar-refractivity contribution in [2.75, 3.05) is 19.7 Å². The number of aryl methyl sites for hydroxylation is 1. The molecule has 0 spiro atoms. The average Bonchev–Trinajstić information content (AvgIpc) is 2.85. The van der Waals surface area contributed by atoms with Crippen LogP contribution in [0.15, 0.2) is 24.5 Å². The fraction of sp³-hybridized carbons (Fsp3) is 0.500. The van der Waals surface area contributed by atoms with Crippen LogP contribution in [0.2, 0.25) is 0 Å². The van der Waals surface area contributed by atoms with Gasteiger partial charge >= 0.3 is 0 Å². The van der Waals surface area contributed by atoms with Crippen LogP contribution in [-0.2, 0) is 4.79 Å². The summed E-state index contributed by atoms with van der Waals surface area (Å²) in [6.07, 6.45) is 6.16. The second-order valence-electron chi connectivity index (χ2n) is 5.86. The number of hydrogen-bond donors (Lipinski definition) is 0. The predicted molar refractivity (Wildman–Crippen MR) is 80.4 cm³/mol. The Morgan fingerprint density at radius 2 is 2.38 bits per heavy atom. The van der Waals surface area contributed by atoms with Gasteiger partial charge in [-0.3, -0.25) is 4.79 Å². The van der Waals surface area contributed by atoms with Gasteiger partial charge in [0, 0.05) is 25.5 Å². The molecule has 1 atom stereocenters. The van der Waals surface area contributed by atoms with Gasteiger partial charge in [0.2, 0.25) is 0 Å². The largest absolute Gasteiger partial charge is 0.480 e. The van der Waals surface area contributed by atoms with Gasteiger partial charge in [0.1, 0.15) is 0 Å². The lowest BCUT2D eigenvalue weighted by atomic mass is 10.0. The Morgan fingerprint density at radius 1 is 1.52 bits per heavy atom. The van der Waals surface area contributed by atoms with Gasteiger partial charge in [0.05, 0.1) is 5.69 Å². The number of likely N-dealkylation sites (tertiary alicyclic amines) is 1. The standard InChI is InChI=1S/C16H21N3O2/c1-12-5-3-7-18(9-12)15(20)11-21-14-6-4-8-19-10-13(2)17-16(14)19/h4,6,8,10,12H,3,5,7,9,11H2,1-2H3. The van der Waals surface area contributed by atoms with E-state index < -0.39 is 0 Å². The Bertz CT molecular complexity index is 650. The Hall–Kier alpha value is -2.04. The zero-order valence-electron chi connectivity index (χ0n) is 12.6. The highest BCUT2D eigenvalue weighted by atomic mass is 16.5. The Labute approximate surface area is 124 Å². The molecule has 5 nitrogen and oxygen atoms in total. The molecule has 1 fully saturated rings. The Balaban J connectivity index is 1.67. The van der Waals surface area contributed by atoms with Gasteiger partial charge in [-0.1, -0.05) is 6.92 Å². The second-order valence-corrected chi connectivity index (χ2v) is 5.86. The van der Waals surface area contributed by atoms with E-state index in [2.05, 4.69) is 11.9 Å². The summed E-state index contributed by atoms with van der Waals surface area (Å²) in [7, 11) is 0. The summed E-state index contributed by atoms with van der Waals surface area (Å²) in [4.78, 5) is 18.6. The zero-order chi connectivity index (χ0) is 14.8. The third-order valence-corrected chi connectivity index (χ3v) is 3.93. The minimum atomic E-state index is 0.0619. The van der Waals surface area contributed by atoms with E-state index in [9.17, 15) is 4.79 Å². The number of carbonyl (C=O) groups excluding carboxylic acids is 1. The lowest BCUT2D eigenvalue weighted by Crippen LogP contribution is -2.41. The first-order valence-electron chi connectivity index (χ1n) is 7.48. The van der Waals surface area contributed by atoms with Gasteiger partial charge in [-0.05, 0) is 37.8 Å². The van der Waals surface area contributed by atoms with Gasteiger partial charge in [-0.2, -0.15) is 0 Å². The van der Waals surface area contributed by atoms with Gasteiger partial charge in [0.25, 0.3) is 5.91 Å². The third-order valence-electron chi connectivity index (χ3n) is 3.93. The van der Waals surface area contributed by atoms with Crippen molar-refractivity contribution in [1.82, 2.24) is 14.3 Å². The topological polar surface area (TPSA) is 46.8 Å². The van der Waals surface area contributed by atoms with E-state index in [0.717, 1.165) is 30.9 Å². The van der Waals surface area contributed by atoms with Crippen LogP contribution in [0.5, 0.6) is 5.75 Å². The monoisotopic (exact) mass is 287 g/mol. The summed E-state index contributed by atoms with van der Waals surface area (Å²) < 4.78 is 7.62. The molecule has 2 aromatic heterocycles. The van der Waals surface area contributed by atoms with Crippen molar-refractivity contribution < 1.29 is 9.53 Å². The number of hydrogen-bond acceptors (Lipinski definition) is 3. The van der Waals surface area contributed by atoms with E-state index >= 15 is 0 Å². The highest BCUT2D eigenvalue weighted by Gasteiger charge is 2.21. The van der Waals surface area contributed by atoms with Crippen molar-refractivity contribution in [3.63, 3.8) is 0 Å². The quantitative estimate of drug-likeness (QED) is 0.870. The predicted octanol–water partition coefficient (Wildman–Crippen LogP) is 2.28. The maximum atomic E-state index is 12.2. The molecular weight excluding hydrogens is 266 g/mol. The fourth-order valence-electron chi connectivity index (χ4n) is 2.87. The number of aromatic nitrogens is 2. The molecule has 3 heterocycles. The normalized spacial score (nSPS) is 19.0. The molecule has 0 bridgehead atoms. The molecule has 3 rings (SSSR count). The zero-order valence-corrected chi connectivity index (χ0v) is 12.6. The van der Waals surface area contributed by atoms with Crippen LogP contribution in [-0.4, -0.2) is 39.9 Å². The molecular formula is C16H21N3O2. The lowest BCUT2D eigenvalue weighted by molar-refractivity contribution is -0.135. The van der Waals surface area contributed by atoms with Gasteiger partial charge < -0.3 is 14.0 Å². The number of amides is 1. The number of rotatable bonds is 3. The Morgan fingerprint density at radius 3 is 3.19 bits per heavy atom. The van der Waals surface area contributed by atoms with Crippen LogP contribution in [0.1, 0.15) is 25.5 Å². The van der Waals surface area contributed by atoms with Crippen molar-refractivity contribution in [3.05, 3.63) is 30.2 Å². The van der Waals surface area contributed by atoms with Gasteiger partial charge in [-0.25, -0.2) is 4.98 Å². The van der Waals surface area contributed by atoms with Crippen LogP contribution in [0, 0.1) is 12.8 Å². The van der Waals surface area contributed by atoms with Crippen molar-refractivity contribution >= 4 is 11.6 Å². The second kappa shape index (κ2) is 5.76. The molecule has 0 aliphatic carbocycles. The molecule has 1 saturated heterocycles. The summed E-state index contributed by atoms with van der Waals surface area (Å²) in [5, 5.41) is 0. The van der Waals surface area contributed by atoms with E-state index in [1.165, 1.54) is 6.42 Å². The van der Waals surface area contributed by atoms with E-state index in [0.29, 0.717) is 11.7 Å². The molecule has 0 aromatic carbocycles. The molecule has 1 unspecified atom stereocenters. The van der Waals surface area contributed by atoms with Crippen molar-refractivity contribution in [1.29, 1.82) is 0 Å². The third kappa shape index (κ3) is 3.01. The van der Waals surface area contributed by atoms with Gasteiger partial charge in [-0.15, -0.1) is 0 Å². The van der Waals surface area contributed by atoms with E-state index in [1.54, 1.807) is 0 Å². The van der Waals surface area contributed by atoms with Crippen molar-refractivity contribution in [2.24, 2.45) is 5.92 Å². The highest BCUT2D eigenvalue weighted by molar-refractivity contribution is 5.78. The summed E-state index contributed by atoms with van der Waals surface area (Å²) >= 11 is 0. The summed E-state index contributed by atoms with van der Waals surface area (Å²) in [5.41, 5.74) is 1.69. The van der Waals surface area contributed by atoms with Crippen molar-refractivity contribution in [2.45, 2.75) is 26.7 Å². The number of piperidine rings is 1. The van der Waals surface area contributed by atoms with Crippen LogP contribution >= 0.6 is 0 Å². The summed E-state index contributed by atoms with van der Waals surface area (Å²) in [6, 6.07) is 3.75. The molecule has 2 aromatic rings. The number of ether oxygens (including phenoxy) is 1. The molecule has 0 saturated carbocycles. The fourth-order valence-corrected chi connectivity index (χ4v) is 2.87. The smallest absolute Gasteiger partial charge is 0.260 e. The van der Waals surface area contributed by atoms with Crippen LogP contribution in [0.25, 0.3) is 5.65 Å². The van der Waals surface area contributed by atoms with Crippen molar-refractivity contribution in [3.8, 4) is 5.75 Å². The van der Waals surface area contributed by atoms with Crippen LogP contribution in [0.4, 0.5) is 0 Å². The number of pyridine rings is 1. The first-order valence-corrected chi connectivity index (χ1v) is 7.48. The highest BCUT2D eigenvalue weighted by Crippen LogP contribution is 2.20. The SMILES string of the molecule is Cc1cn2cccc(OCC(=O)N3CCCC(C)C3)c2n1. The molecule has 5 heteroatoms. The number of carbonyl (C=O) groups is 1. The first kappa shape index (κ1) is 13.9. The van der Waals surface area contributed by atoms with Crippen LogP contribution < -0.4 is 4.74 Å². The molecule has 1 amide bonds. The lowest BCUT2D eigenvalue weighted by Gasteiger charge is -2.30. The number of imidazole rings is 1. The number of nitrogens with zero attached hydrogens (tertiary/aromatic N) is 3. The maximum Gasteiger partial charge on any atom is 0.260 e. The van der Waals surface area contributed by atoms with Crippen LogP contribution in [0.3, 0.4) is 0 Å². The van der Waals surface area contributed by atoms with E-state index in [1.807, 2.05) is 40.8 Å². The number of fused-ring (bicyclic) bond motifs is 1. The molecule has 112 valence electrons. The minimum absolute atomic E-state index is 0.0619. The first-order chi connectivity index (χ1) is 10.1. The maximum absolute atomic E-state index is 12.2. The average molecular weight is 287 g/mol. The van der Waals surface area contributed by atoms with Gasteiger partial charge in [0.15, 0.2) is 18.0 Å². The molecule has 1 aliphatic heterocycles. The molecule has 0 radical (unpaired) electrons.